The first-order valence-corrected chi connectivity index (χ1v) is 9.34. The van der Waals surface area contributed by atoms with Crippen LogP contribution in [0.2, 0.25) is 0 Å². The summed E-state index contributed by atoms with van der Waals surface area (Å²) >= 11 is 1.70. The van der Waals surface area contributed by atoms with Crippen LogP contribution in [0, 0.1) is 13.8 Å². The monoisotopic (exact) mass is 355 g/mol. The highest BCUT2D eigenvalue weighted by Crippen LogP contribution is 2.29. The highest BCUT2D eigenvalue weighted by Gasteiger charge is 2.27. The van der Waals surface area contributed by atoms with Crippen molar-refractivity contribution < 1.29 is 4.74 Å². The summed E-state index contributed by atoms with van der Waals surface area (Å²) in [5, 5.41) is 17.5. The number of aromatic nitrogens is 4. The van der Waals surface area contributed by atoms with Gasteiger partial charge in [0.15, 0.2) is 11.6 Å². The minimum atomic E-state index is 0.0764. The molecular weight excluding hydrogens is 334 g/mol. The third kappa shape index (κ3) is 3.29. The van der Waals surface area contributed by atoms with Crippen LogP contribution in [0.15, 0.2) is 35.0 Å². The highest BCUT2D eigenvalue weighted by atomic mass is 32.1. The molecule has 0 N–H and O–H groups in total. The smallest absolute Gasteiger partial charge is 0.176 e. The normalized spacial score (nSPS) is 20.8. The molecule has 2 unspecified atom stereocenters. The van der Waals surface area contributed by atoms with Crippen molar-refractivity contribution in [2.45, 2.75) is 33.0 Å². The Hall–Kier alpha value is -2.25. The first kappa shape index (κ1) is 16.2. The molecule has 2 atom stereocenters. The van der Waals surface area contributed by atoms with E-state index in [-0.39, 0.29) is 12.2 Å². The van der Waals surface area contributed by atoms with Gasteiger partial charge in [0.05, 0.1) is 11.8 Å². The molecular formula is C18H21N5OS. The number of thiophene rings is 1. The van der Waals surface area contributed by atoms with Gasteiger partial charge in [-0.1, -0.05) is 0 Å². The zero-order valence-electron chi connectivity index (χ0n) is 14.6. The summed E-state index contributed by atoms with van der Waals surface area (Å²) < 4.78 is 7.92. The number of hydrogen-bond acceptors (Lipinski definition) is 6. The number of nitrogens with zero attached hydrogens (tertiary/aromatic N) is 5. The van der Waals surface area contributed by atoms with Crippen molar-refractivity contribution >= 4 is 17.2 Å². The van der Waals surface area contributed by atoms with E-state index < -0.39 is 0 Å². The minimum absolute atomic E-state index is 0.0764. The van der Waals surface area contributed by atoms with E-state index in [9.17, 15) is 0 Å². The fraction of sp³-hybridized carbons (Fsp3) is 0.389. The molecule has 130 valence electrons. The molecule has 6 nitrogen and oxygen atoms in total. The SMILES string of the molecule is Cc1cc(C)n(-c2ccc(N3CC(C)OC(c4ccsc4)C3)nn2)n1. The Morgan fingerprint density at radius 1 is 1.12 bits per heavy atom. The molecule has 4 heterocycles. The van der Waals surface area contributed by atoms with E-state index in [0.29, 0.717) is 0 Å². The lowest BCUT2D eigenvalue weighted by Crippen LogP contribution is -2.43. The third-order valence-electron chi connectivity index (χ3n) is 4.36. The molecule has 0 amide bonds. The maximum absolute atomic E-state index is 6.10. The van der Waals surface area contributed by atoms with Gasteiger partial charge in [0.2, 0.25) is 0 Å². The first-order valence-electron chi connectivity index (χ1n) is 8.40. The largest absolute Gasteiger partial charge is 0.367 e. The number of aryl methyl sites for hydroxylation is 2. The number of ether oxygens (including phenoxy) is 1. The Balaban J connectivity index is 1.56. The topological polar surface area (TPSA) is 56.1 Å². The number of anilines is 1. The summed E-state index contributed by atoms with van der Waals surface area (Å²) in [7, 11) is 0. The molecule has 25 heavy (non-hydrogen) atoms. The van der Waals surface area contributed by atoms with E-state index in [1.807, 2.05) is 36.7 Å². The molecule has 7 heteroatoms. The average molecular weight is 355 g/mol. The van der Waals surface area contributed by atoms with Gasteiger partial charge in [-0.05, 0) is 61.4 Å². The second-order valence-electron chi connectivity index (χ2n) is 6.49. The first-order chi connectivity index (χ1) is 12.1. The van der Waals surface area contributed by atoms with E-state index in [0.717, 1.165) is 36.1 Å². The van der Waals surface area contributed by atoms with Crippen LogP contribution < -0.4 is 4.90 Å². The third-order valence-corrected chi connectivity index (χ3v) is 5.06. The number of morpholine rings is 1. The fourth-order valence-corrected chi connectivity index (χ4v) is 3.94. The van der Waals surface area contributed by atoms with Crippen LogP contribution in [0.5, 0.6) is 0 Å². The standard InChI is InChI=1S/C18H21N5OS/c1-12-8-13(2)23(21-12)18-5-4-17(19-20-18)22-9-14(3)24-16(10-22)15-6-7-25-11-15/h4-8,11,14,16H,9-10H2,1-3H3. The molecule has 4 rings (SSSR count). The van der Waals surface area contributed by atoms with Gasteiger partial charge >= 0.3 is 0 Å². The molecule has 0 aromatic carbocycles. The lowest BCUT2D eigenvalue weighted by atomic mass is 10.1. The minimum Gasteiger partial charge on any atom is -0.367 e. The van der Waals surface area contributed by atoms with Gasteiger partial charge in [0, 0.05) is 18.8 Å². The van der Waals surface area contributed by atoms with Crippen molar-refractivity contribution in [2.75, 3.05) is 18.0 Å². The lowest BCUT2D eigenvalue weighted by molar-refractivity contribution is -0.0174. The predicted molar refractivity (Wildman–Crippen MR) is 98.4 cm³/mol. The Labute approximate surface area is 151 Å². The van der Waals surface area contributed by atoms with Crippen molar-refractivity contribution in [3.8, 4) is 5.82 Å². The lowest BCUT2D eigenvalue weighted by Gasteiger charge is -2.37. The molecule has 1 aliphatic heterocycles. The molecule has 3 aromatic rings. The zero-order chi connectivity index (χ0) is 17.4. The van der Waals surface area contributed by atoms with Crippen LogP contribution in [-0.2, 0) is 4.74 Å². The predicted octanol–water partition coefficient (Wildman–Crippen LogP) is 3.31. The summed E-state index contributed by atoms with van der Waals surface area (Å²) in [6, 6.07) is 8.15. The van der Waals surface area contributed by atoms with Crippen LogP contribution in [-0.4, -0.2) is 39.2 Å². The van der Waals surface area contributed by atoms with Gasteiger partial charge in [0.1, 0.15) is 6.10 Å². The van der Waals surface area contributed by atoms with Crippen molar-refractivity contribution in [1.82, 2.24) is 20.0 Å². The van der Waals surface area contributed by atoms with Crippen LogP contribution in [0.3, 0.4) is 0 Å². The Morgan fingerprint density at radius 2 is 1.92 bits per heavy atom. The average Bonchev–Trinajstić information content (AvgIpc) is 3.24. The molecule has 3 aromatic heterocycles. The van der Waals surface area contributed by atoms with Crippen molar-refractivity contribution in [2.24, 2.45) is 0 Å². The van der Waals surface area contributed by atoms with E-state index in [2.05, 4.69) is 43.9 Å². The van der Waals surface area contributed by atoms with Crippen LogP contribution >= 0.6 is 11.3 Å². The van der Waals surface area contributed by atoms with Gasteiger partial charge < -0.3 is 9.64 Å². The van der Waals surface area contributed by atoms with Gasteiger partial charge in [-0.3, -0.25) is 0 Å². The Morgan fingerprint density at radius 3 is 2.56 bits per heavy atom. The van der Waals surface area contributed by atoms with E-state index in [1.54, 1.807) is 11.3 Å². The molecule has 0 spiro atoms. The van der Waals surface area contributed by atoms with Crippen molar-refractivity contribution in [3.05, 3.63) is 52.0 Å². The number of hydrogen-bond donors (Lipinski definition) is 0. The Bertz CT molecular complexity index is 843. The maximum atomic E-state index is 6.10. The van der Waals surface area contributed by atoms with E-state index in [4.69, 9.17) is 4.74 Å². The van der Waals surface area contributed by atoms with Crippen molar-refractivity contribution in [3.63, 3.8) is 0 Å². The fourth-order valence-electron chi connectivity index (χ4n) is 3.24. The van der Waals surface area contributed by atoms with Crippen LogP contribution in [0.1, 0.15) is 30.0 Å². The summed E-state index contributed by atoms with van der Waals surface area (Å²) in [5.74, 6) is 1.62. The summed E-state index contributed by atoms with van der Waals surface area (Å²) in [5.41, 5.74) is 3.26. The molecule has 0 radical (unpaired) electrons. The molecule has 1 fully saturated rings. The summed E-state index contributed by atoms with van der Waals surface area (Å²) in [4.78, 5) is 2.24. The van der Waals surface area contributed by atoms with E-state index >= 15 is 0 Å². The second kappa shape index (κ2) is 6.57. The van der Waals surface area contributed by atoms with Gasteiger partial charge in [-0.2, -0.15) is 16.4 Å². The molecule has 0 bridgehead atoms. The summed E-state index contributed by atoms with van der Waals surface area (Å²) in [6.45, 7) is 7.70. The second-order valence-corrected chi connectivity index (χ2v) is 7.27. The van der Waals surface area contributed by atoms with Crippen LogP contribution in [0.25, 0.3) is 5.82 Å². The van der Waals surface area contributed by atoms with E-state index in [1.165, 1.54) is 5.56 Å². The van der Waals surface area contributed by atoms with Gasteiger partial charge in [0.25, 0.3) is 0 Å². The zero-order valence-corrected chi connectivity index (χ0v) is 15.4. The maximum Gasteiger partial charge on any atom is 0.176 e. The van der Waals surface area contributed by atoms with Crippen molar-refractivity contribution in [1.29, 1.82) is 0 Å². The highest BCUT2D eigenvalue weighted by molar-refractivity contribution is 7.07. The van der Waals surface area contributed by atoms with Crippen LogP contribution in [0.4, 0.5) is 5.82 Å². The quantitative estimate of drug-likeness (QED) is 0.721. The molecule has 1 aliphatic rings. The Kier molecular flexibility index (Phi) is 4.27. The van der Waals surface area contributed by atoms with Gasteiger partial charge in [-0.25, -0.2) is 4.68 Å². The molecule has 0 aliphatic carbocycles. The summed E-state index contributed by atoms with van der Waals surface area (Å²) in [6.07, 6.45) is 0.226. The molecule has 0 saturated carbocycles. The van der Waals surface area contributed by atoms with Gasteiger partial charge in [-0.15, -0.1) is 10.2 Å². The number of rotatable bonds is 3. The molecule has 1 saturated heterocycles.